The van der Waals surface area contributed by atoms with Crippen molar-refractivity contribution in [3.8, 4) is 5.75 Å². The van der Waals surface area contributed by atoms with Gasteiger partial charge in [0.2, 0.25) is 5.91 Å². The van der Waals surface area contributed by atoms with Crippen LogP contribution in [0.1, 0.15) is 6.92 Å². The summed E-state index contributed by atoms with van der Waals surface area (Å²) < 4.78 is 6.39. The van der Waals surface area contributed by atoms with E-state index in [0.717, 1.165) is 9.50 Å². The number of pyridine rings is 1. The molecule has 0 spiro atoms. The van der Waals surface area contributed by atoms with Gasteiger partial charge < -0.3 is 10.1 Å². The molecule has 0 radical (unpaired) electrons. The predicted molar refractivity (Wildman–Crippen MR) is 88.9 cm³/mol. The fraction of sp³-hybridized carbons (Fsp3) is 0.200. The second-order valence-electron chi connectivity index (χ2n) is 4.08. The molecule has 1 N–H and O–H groups in total. The van der Waals surface area contributed by atoms with E-state index in [1.165, 1.54) is 11.8 Å². The van der Waals surface area contributed by atoms with Crippen LogP contribution in [0.25, 0.3) is 0 Å². The van der Waals surface area contributed by atoms with Crippen LogP contribution in [-0.2, 0) is 4.79 Å². The van der Waals surface area contributed by atoms with Crippen LogP contribution in [-0.4, -0.2) is 23.3 Å². The maximum atomic E-state index is 12.0. The summed E-state index contributed by atoms with van der Waals surface area (Å²) in [6.07, 6.45) is 1.71. The fourth-order valence-corrected chi connectivity index (χ4v) is 2.50. The minimum Gasteiger partial charge on any atom is -0.492 e. The molecule has 4 nitrogen and oxygen atoms in total. The monoisotopic (exact) mass is 366 g/mol. The molecule has 0 aliphatic heterocycles. The molecule has 21 heavy (non-hydrogen) atoms. The molecule has 1 amide bonds. The lowest BCUT2D eigenvalue weighted by Crippen LogP contribution is -2.15. The first-order chi connectivity index (χ1) is 10.2. The molecule has 110 valence electrons. The number of aromatic nitrogens is 1. The number of anilines is 1. The zero-order chi connectivity index (χ0) is 15.1. The van der Waals surface area contributed by atoms with E-state index < -0.39 is 0 Å². The van der Waals surface area contributed by atoms with Gasteiger partial charge in [0.1, 0.15) is 5.75 Å². The van der Waals surface area contributed by atoms with E-state index in [1.54, 1.807) is 6.20 Å². The number of hydrogen-bond donors (Lipinski definition) is 1. The highest BCUT2D eigenvalue weighted by molar-refractivity contribution is 9.10. The van der Waals surface area contributed by atoms with Gasteiger partial charge in [-0.2, -0.15) is 0 Å². The summed E-state index contributed by atoms with van der Waals surface area (Å²) in [6.45, 7) is 2.47. The van der Waals surface area contributed by atoms with Gasteiger partial charge in [-0.3, -0.25) is 4.79 Å². The number of benzene rings is 1. The number of rotatable bonds is 6. The average Bonchev–Trinajstić information content (AvgIpc) is 2.49. The van der Waals surface area contributed by atoms with Crippen molar-refractivity contribution in [1.29, 1.82) is 0 Å². The summed E-state index contributed by atoms with van der Waals surface area (Å²) in [4.78, 5) is 16.2. The van der Waals surface area contributed by atoms with E-state index in [0.29, 0.717) is 23.8 Å². The lowest BCUT2D eigenvalue weighted by atomic mass is 10.3. The lowest BCUT2D eigenvalue weighted by Gasteiger charge is -2.10. The minimum atomic E-state index is -0.0862. The molecular weight excluding hydrogens is 352 g/mol. The summed E-state index contributed by atoms with van der Waals surface area (Å²) in [6, 6.07) is 11.2. The molecule has 0 fully saturated rings. The quantitative estimate of drug-likeness (QED) is 0.785. The van der Waals surface area contributed by atoms with E-state index in [1.807, 2.05) is 43.3 Å². The van der Waals surface area contributed by atoms with Crippen molar-refractivity contribution in [1.82, 2.24) is 4.98 Å². The van der Waals surface area contributed by atoms with Crippen LogP contribution >= 0.6 is 27.7 Å². The molecule has 1 aromatic carbocycles. The second-order valence-corrected chi connectivity index (χ2v) is 5.99. The van der Waals surface area contributed by atoms with Crippen LogP contribution in [0.5, 0.6) is 5.75 Å². The average molecular weight is 367 g/mol. The van der Waals surface area contributed by atoms with Crippen molar-refractivity contribution in [2.45, 2.75) is 11.9 Å². The number of thioether (sulfide) groups is 1. The minimum absolute atomic E-state index is 0.0862. The summed E-state index contributed by atoms with van der Waals surface area (Å²) >= 11 is 4.72. The Labute approximate surface area is 136 Å². The van der Waals surface area contributed by atoms with Crippen molar-refractivity contribution in [2.75, 3.05) is 17.7 Å². The highest BCUT2D eigenvalue weighted by Gasteiger charge is 2.08. The summed E-state index contributed by atoms with van der Waals surface area (Å²) in [7, 11) is 0. The molecule has 0 unspecified atom stereocenters. The second kappa shape index (κ2) is 8.05. The third-order valence-corrected chi connectivity index (χ3v) is 3.93. The molecule has 6 heteroatoms. The van der Waals surface area contributed by atoms with Gasteiger partial charge in [-0.1, -0.05) is 23.9 Å². The molecule has 2 aromatic rings. The Morgan fingerprint density at radius 3 is 2.86 bits per heavy atom. The van der Waals surface area contributed by atoms with Gasteiger partial charge in [0.05, 0.1) is 23.1 Å². The van der Waals surface area contributed by atoms with Crippen LogP contribution in [0.2, 0.25) is 0 Å². The van der Waals surface area contributed by atoms with Crippen molar-refractivity contribution < 1.29 is 9.53 Å². The maximum Gasteiger partial charge on any atom is 0.234 e. The molecule has 0 aliphatic carbocycles. The molecule has 0 saturated carbocycles. The van der Waals surface area contributed by atoms with Gasteiger partial charge in [-0.25, -0.2) is 4.98 Å². The van der Waals surface area contributed by atoms with Crippen LogP contribution in [0.4, 0.5) is 5.69 Å². The number of amides is 1. The molecular formula is C15H15BrN2O2S. The largest absolute Gasteiger partial charge is 0.492 e. The van der Waals surface area contributed by atoms with Crippen molar-refractivity contribution in [2.24, 2.45) is 0 Å². The van der Waals surface area contributed by atoms with Crippen LogP contribution < -0.4 is 10.1 Å². The third-order valence-electron chi connectivity index (χ3n) is 2.51. The first-order valence-electron chi connectivity index (χ1n) is 6.45. The zero-order valence-electron chi connectivity index (χ0n) is 11.5. The van der Waals surface area contributed by atoms with Crippen LogP contribution in [0.3, 0.4) is 0 Å². The lowest BCUT2D eigenvalue weighted by molar-refractivity contribution is -0.113. The zero-order valence-corrected chi connectivity index (χ0v) is 13.9. The highest BCUT2D eigenvalue weighted by Crippen LogP contribution is 2.24. The van der Waals surface area contributed by atoms with Crippen molar-refractivity contribution in [3.63, 3.8) is 0 Å². The SMILES string of the molecule is CCOc1ccccc1NC(=O)CSc1ccc(Br)cn1. The van der Waals surface area contributed by atoms with Crippen molar-refractivity contribution in [3.05, 3.63) is 47.1 Å². The van der Waals surface area contributed by atoms with Gasteiger partial charge in [-0.05, 0) is 47.1 Å². The van der Waals surface area contributed by atoms with Crippen LogP contribution in [0.15, 0.2) is 52.1 Å². The standard InChI is InChI=1S/C15H15BrN2O2S/c1-2-20-13-6-4-3-5-12(13)18-14(19)10-21-15-8-7-11(16)9-17-15/h3-9H,2,10H2,1H3,(H,18,19). The van der Waals surface area contributed by atoms with Gasteiger partial charge in [0.15, 0.2) is 0 Å². The van der Waals surface area contributed by atoms with E-state index in [4.69, 9.17) is 4.74 Å². The van der Waals surface area contributed by atoms with E-state index in [-0.39, 0.29) is 5.91 Å². The van der Waals surface area contributed by atoms with Gasteiger partial charge in [-0.15, -0.1) is 0 Å². The Hall–Kier alpha value is -1.53. The molecule has 0 aliphatic rings. The van der Waals surface area contributed by atoms with Gasteiger partial charge >= 0.3 is 0 Å². The number of carbonyl (C=O) groups excluding carboxylic acids is 1. The summed E-state index contributed by atoms with van der Waals surface area (Å²) in [5.41, 5.74) is 0.689. The van der Waals surface area contributed by atoms with E-state index in [2.05, 4.69) is 26.2 Å². The van der Waals surface area contributed by atoms with E-state index in [9.17, 15) is 4.79 Å². The Bertz CT molecular complexity index is 605. The Balaban J connectivity index is 1.91. The molecule has 0 bridgehead atoms. The number of para-hydroxylation sites is 2. The molecule has 2 rings (SSSR count). The number of halogens is 1. The molecule has 1 aromatic heterocycles. The topological polar surface area (TPSA) is 51.2 Å². The Kier molecular flexibility index (Phi) is 6.07. The fourth-order valence-electron chi connectivity index (χ4n) is 1.62. The number of carbonyl (C=O) groups is 1. The van der Waals surface area contributed by atoms with Crippen LogP contribution in [0, 0.1) is 0 Å². The number of ether oxygens (including phenoxy) is 1. The smallest absolute Gasteiger partial charge is 0.234 e. The maximum absolute atomic E-state index is 12.0. The Morgan fingerprint density at radius 1 is 1.33 bits per heavy atom. The van der Waals surface area contributed by atoms with Gasteiger partial charge in [0, 0.05) is 10.7 Å². The Morgan fingerprint density at radius 2 is 2.14 bits per heavy atom. The number of nitrogens with zero attached hydrogens (tertiary/aromatic N) is 1. The van der Waals surface area contributed by atoms with E-state index >= 15 is 0 Å². The molecule has 0 atom stereocenters. The first kappa shape index (κ1) is 15.9. The van der Waals surface area contributed by atoms with Gasteiger partial charge in [0.25, 0.3) is 0 Å². The third kappa shape index (κ3) is 5.06. The first-order valence-corrected chi connectivity index (χ1v) is 8.23. The highest BCUT2D eigenvalue weighted by atomic mass is 79.9. The number of nitrogens with one attached hydrogen (secondary N) is 1. The number of hydrogen-bond acceptors (Lipinski definition) is 4. The molecule has 1 heterocycles. The normalized spacial score (nSPS) is 10.2. The predicted octanol–water partition coefficient (Wildman–Crippen LogP) is 3.97. The summed E-state index contributed by atoms with van der Waals surface area (Å²) in [5, 5.41) is 3.67. The summed E-state index contributed by atoms with van der Waals surface area (Å²) in [5.74, 6) is 0.895. The molecule has 0 saturated heterocycles. The van der Waals surface area contributed by atoms with Crippen molar-refractivity contribution >= 4 is 39.3 Å².